The second-order valence-corrected chi connectivity index (χ2v) is 13.9. The van der Waals surface area contributed by atoms with Crippen molar-refractivity contribution in [3.05, 3.63) is 33.7 Å². The summed E-state index contributed by atoms with van der Waals surface area (Å²) in [6.45, 7) is 4.45. The molecule has 14 heteroatoms. The molecule has 0 spiro atoms. The van der Waals surface area contributed by atoms with Gasteiger partial charge in [-0.25, -0.2) is 4.79 Å². The van der Waals surface area contributed by atoms with E-state index in [2.05, 4.69) is 13.8 Å². The highest BCUT2D eigenvalue weighted by molar-refractivity contribution is 6.31. The lowest BCUT2D eigenvalue weighted by Gasteiger charge is -2.40. The van der Waals surface area contributed by atoms with Gasteiger partial charge in [0.25, 0.3) is 0 Å². The van der Waals surface area contributed by atoms with Gasteiger partial charge in [-0.05, 0) is 31.0 Å². The summed E-state index contributed by atoms with van der Waals surface area (Å²) in [6.07, 6.45) is -1.13. The molecule has 2 saturated heterocycles. The van der Waals surface area contributed by atoms with Crippen LogP contribution >= 0.6 is 11.6 Å². The normalized spacial score (nSPS) is 30.7. The summed E-state index contributed by atoms with van der Waals surface area (Å²) in [5, 5.41) is 64.9. The fourth-order valence-corrected chi connectivity index (χ4v) is 6.90. The standard InChI is InChI=1S/C35H57ClN2O11/c1-3-5-7-9-11-13-17-46-31-27(39)25(48-33(43)29(31)41)20-37-23-16-15-22(36)19-24(23)38(35(37)45)21-26-28(40)32(30(42)34(44)49-26)47-18-14-12-10-8-6-4-2/h15-16,19,25-34,39-44H,3-14,17-18,20-21H2,1-2H3/t25-,26-,27-,28-,29-,30-,31+,32+,33-,34-/m1/s1. The van der Waals surface area contributed by atoms with E-state index < -0.39 is 67.1 Å². The topological polar surface area (TPSA) is 185 Å². The maximum Gasteiger partial charge on any atom is 0.329 e. The first-order valence-corrected chi connectivity index (χ1v) is 18.5. The minimum Gasteiger partial charge on any atom is -0.388 e. The number of aromatic nitrogens is 2. The zero-order chi connectivity index (χ0) is 35.5. The molecule has 10 atom stereocenters. The Balaban J connectivity index is 1.47. The molecule has 0 unspecified atom stereocenters. The van der Waals surface area contributed by atoms with Crippen molar-refractivity contribution < 1.29 is 49.6 Å². The molecule has 4 rings (SSSR count). The number of unbranched alkanes of at least 4 members (excludes halogenated alkanes) is 10. The molecule has 6 N–H and O–H groups in total. The van der Waals surface area contributed by atoms with E-state index in [9.17, 15) is 35.4 Å². The molecule has 1 aromatic carbocycles. The summed E-state index contributed by atoms with van der Waals surface area (Å²) in [5.74, 6) is 0. The van der Waals surface area contributed by atoms with Gasteiger partial charge in [0, 0.05) is 18.2 Å². The maximum absolute atomic E-state index is 14.0. The fourth-order valence-electron chi connectivity index (χ4n) is 6.74. The van der Waals surface area contributed by atoms with Gasteiger partial charge in [-0.3, -0.25) is 9.13 Å². The lowest BCUT2D eigenvalue weighted by atomic mass is 9.98. The van der Waals surface area contributed by atoms with Gasteiger partial charge in [0.15, 0.2) is 12.6 Å². The number of hydrogen-bond acceptors (Lipinski definition) is 11. The SMILES string of the molecule is CCCCCCCCO[C@@H]1[C@@H](O)[C@H](O)O[C@H](Cn2c(=O)n(C[C@H]3O[C@@H](O)[C@H](O)[C@@H](OCCCCCCCC)[C@@H]3O)c3cc(Cl)ccc32)[C@H]1O. The molecular weight excluding hydrogens is 660 g/mol. The van der Waals surface area contributed by atoms with Crippen molar-refractivity contribution in [2.24, 2.45) is 0 Å². The third-order valence-electron chi connectivity index (χ3n) is 9.64. The summed E-state index contributed by atoms with van der Waals surface area (Å²) in [5.41, 5.74) is 0.261. The summed E-state index contributed by atoms with van der Waals surface area (Å²) in [7, 11) is 0. The first-order valence-electron chi connectivity index (χ1n) is 18.1. The summed E-state index contributed by atoms with van der Waals surface area (Å²) >= 11 is 6.32. The van der Waals surface area contributed by atoms with Crippen molar-refractivity contribution in [1.82, 2.24) is 9.13 Å². The molecule has 0 bridgehead atoms. The smallest absolute Gasteiger partial charge is 0.329 e. The number of hydrogen-bond donors (Lipinski definition) is 6. The van der Waals surface area contributed by atoms with Crippen LogP contribution in [-0.4, -0.2) is 114 Å². The summed E-state index contributed by atoms with van der Waals surface area (Å²) in [6, 6.07) is 4.81. The fraction of sp³-hybridized carbons (Fsp3) is 0.800. The first-order chi connectivity index (χ1) is 23.6. The van der Waals surface area contributed by atoms with Crippen LogP contribution in [0, 0.1) is 0 Å². The molecule has 2 aromatic rings. The van der Waals surface area contributed by atoms with Gasteiger partial charge in [-0.15, -0.1) is 0 Å². The summed E-state index contributed by atoms with van der Waals surface area (Å²) < 4.78 is 25.5. The van der Waals surface area contributed by atoms with Crippen LogP contribution in [0.2, 0.25) is 5.02 Å². The van der Waals surface area contributed by atoms with E-state index >= 15 is 0 Å². The molecule has 0 amide bonds. The minimum atomic E-state index is -1.65. The molecule has 13 nitrogen and oxygen atoms in total. The van der Waals surface area contributed by atoms with Crippen LogP contribution in [0.1, 0.15) is 90.9 Å². The van der Waals surface area contributed by atoms with Crippen molar-refractivity contribution in [3.8, 4) is 0 Å². The van der Waals surface area contributed by atoms with Gasteiger partial charge in [0.05, 0.1) is 24.1 Å². The quantitative estimate of drug-likeness (QED) is 0.111. The van der Waals surface area contributed by atoms with Gasteiger partial charge in [-0.1, -0.05) is 89.7 Å². The van der Waals surface area contributed by atoms with E-state index in [4.69, 9.17) is 30.5 Å². The van der Waals surface area contributed by atoms with E-state index in [1.807, 2.05) is 0 Å². The van der Waals surface area contributed by atoms with Gasteiger partial charge >= 0.3 is 5.69 Å². The van der Waals surface area contributed by atoms with Gasteiger partial charge in [0.1, 0.15) is 48.8 Å². The van der Waals surface area contributed by atoms with E-state index in [0.29, 0.717) is 16.1 Å². The Morgan fingerprint density at radius 1 is 0.633 bits per heavy atom. The zero-order valence-electron chi connectivity index (χ0n) is 28.8. The van der Waals surface area contributed by atoms with Crippen molar-refractivity contribution >= 4 is 22.6 Å². The lowest BCUT2D eigenvalue weighted by Crippen LogP contribution is -2.60. The zero-order valence-corrected chi connectivity index (χ0v) is 29.6. The second-order valence-electron chi connectivity index (χ2n) is 13.4. The van der Waals surface area contributed by atoms with Gasteiger partial charge in [0.2, 0.25) is 0 Å². The predicted molar refractivity (Wildman–Crippen MR) is 183 cm³/mol. The van der Waals surface area contributed by atoms with Crippen LogP contribution in [-0.2, 0) is 32.0 Å². The number of halogens is 1. The van der Waals surface area contributed by atoms with Crippen molar-refractivity contribution in [3.63, 3.8) is 0 Å². The molecule has 2 aliphatic rings. The maximum atomic E-state index is 14.0. The number of nitrogens with zero attached hydrogens (tertiary/aromatic N) is 2. The average molecular weight is 717 g/mol. The van der Waals surface area contributed by atoms with Crippen LogP contribution in [0.4, 0.5) is 0 Å². The summed E-state index contributed by atoms with van der Waals surface area (Å²) in [4.78, 5) is 14.0. The minimum absolute atomic E-state index is 0.203. The third kappa shape index (κ3) is 10.5. The highest BCUT2D eigenvalue weighted by Gasteiger charge is 2.46. The Hall–Kier alpha value is -1.62. The highest BCUT2D eigenvalue weighted by Crippen LogP contribution is 2.28. The molecule has 280 valence electrons. The monoisotopic (exact) mass is 716 g/mol. The molecule has 3 heterocycles. The molecule has 49 heavy (non-hydrogen) atoms. The molecule has 0 saturated carbocycles. The largest absolute Gasteiger partial charge is 0.388 e. The first kappa shape index (κ1) is 40.2. The lowest BCUT2D eigenvalue weighted by molar-refractivity contribution is -0.292. The Kier molecular flexibility index (Phi) is 16.3. The van der Waals surface area contributed by atoms with Crippen LogP contribution in [0.15, 0.2) is 23.0 Å². The number of aliphatic hydroxyl groups is 6. The Bertz CT molecular complexity index is 1320. The molecule has 1 aromatic heterocycles. The average Bonchev–Trinajstić information content (AvgIpc) is 3.32. The predicted octanol–water partition coefficient (Wildman–Crippen LogP) is 2.83. The Morgan fingerprint density at radius 3 is 1.53 bits per heavy atom. The van der Waals surface area contributed by atoms with E-state index in [1.54, 1.807) is 18.2 Å². The number of aliphatic hydroxyl groups excluding tert-OH is 6. The number of fused-ring (bicyclic) bond motifs is 1. The second kappa shape index (κ2) is 19.8. The third-order valence-corrected chi connectivity index (χ3v) is 9.88. The van der Waals surface area contributed by atoms with Crippen molar-refractivity contribution in [2.75, 3.05) is 13.2 Å². The number of ether oxygens (including phenoxy) is 4. The Morgan fingerprint density at radius 2 is 1.06 bits per heavy atom. The van der Waals surface area contributed by atoms with E-state index in [0.717, 1.165) is 64.2 Å². The van der Waals surface area contributed by atoms with E-state index in [-0.39, 0.29) is 26.3 Å². The molecular formula is C35H57ClN2O11. The molecule has 0 radical (unpaired) electrons. The van der Waals surface area contributed by atoms with Crippen molar-refractivity contribution in [2.45, 2.75) is 165 Å². The molecule has 2 fully saturated rings. The Labute approximate surface area is 293 Å². The molecule has 0 aliphatic carbocycles. The van der Waals surface area contributed by atoms with E-state index in [1.165, 1.54) is 22.0 Å². The van der Waals surface area contributed by atoms with Gasteiger partial charge in [-0.2, -0.15) is 0 Å². The van der Waals surface area contributed by atoms with Crippen LogP contribution < -0.4 is 5.69 Å². The van der Waals surface area contributed by atoms with Crippen LogP contribution in [0.25, 0.3) is 11.0 Å². The van der Waals surface area contributed by atoms with Crippen molar-refractivity contribution in [1.29, 1.82) is 0 Å². The van der Waals surface area contributed by atoms with Gasteiger partial charge < -0.3 is 49.6 Å². The molecule has 2 aliphatic heterocycles. The van der Waals surface area contributed by atoms with Crippen LogP contribution in [0.5, 0.6) is 0 Å². The van der Waals surface area contributed by atoms with Crippen LogP contribution in [0.3, 0.4) is 0 Å². The number of benzene rings is 1. The highest BCUT2D eigenvalue weighted by atomic mass is 35.5. The number of rotatable bonds is 20. The number of imidazole rings is 1.